The molecule has 0 aliphatic heterocycles. The van der Waals surface area contributed by atoms with Crippen molar-refractivity contribution in [2.45, 2.75) is 6.54 Å². The fourth-order valence-corrected chi connectivity index (χ4v) is 3.80. The molecule has 1 N–H and O–H groups in total. The minimum absolute atomic E-state index is 0.726. The summed E-state index contributed by atoms with van der Waals surface area (Å²) in [6, 6.07) is 14.3. The molecule has 0 aliphatic rings. The Kier molecular flexibility index (Phi) is 3.46. The van der Waals surface area contributed by atoms with E-state index in [4.69, 9.17) is 4.98 Å². The van der Waals surface area contributed by atoms with Crippen LogP contribution in [0.3, 0.4) is 0 Å². The molecule has 5 aromatic rings. The normalized spacial score (nSPS) is 11.4. The van der Waals surface area contributed by atoms with Gasteiger partial charge < -0.3 is 4.98 Å². The largest absolute Gasteiger partial charge is 0.335 e. The van der Waals surface area contributed by atoms with E-state index in [-0.39, 0.29) is 0 Å². The van der Waals surface area contributed by atoms with E-state index >= 15 is 0 Å². The van der Waals surface area contributed by atoms with Gasteiger partial charge in [0.15, 0.2) is 5.65 Å². The SMILES string of the molecule is Cn1cc(-c2nc3c(cnn3Cc3cccs3)[nH]2)c(-c2ccccc2)n1. The van der Waals surface area contributed by atoms with E-state index in [1.807, 2.05) is 47.0 Å². The number of rotatable bonds is 4. The Bertz CT molecular complexity index is 1160. The Morgan fingerprint density at radius 3 is 2.81 bits per heavy atom. The molecule has 0 fully saturated rings. The maximum absolute atomic E-state index is 4.82. The van der Waals surface area contributed by atoms with Crippen LogP contribution in [0.15, 0.2) is 60.2 Å². The van der Waals surface area contributed by atoms with Gasteiger partial charge in [-0.05, 0) is 11.4 Å². The summed E-state index contributed by atoms with van der Waals surface area (Å²) in [4.78, 5) is 9.47. The molecule has 0 unspecified atom stereocenters. The van der Waals surface area contributed by atoms with Crippen molar-refractivity contribution in [3.8, 4) is 22.6 Å². The third kappa shape index (κ3) is 2.53. The molecule has 0 radical (unpaired) electrons. The zero-order valence-electron chi connectivity index (χ0n) is 14.1. The first-order valence-corrected chi connectivity index (χ1v) is 9.19. The van der Waals surface area contributed by atoms with E-state index in [0.717, 1.165) is 40.4 Å². The van der Waals surface area contributed by atoms with Crippen molar-refractivity contribution in [1.82, 2.24) is 29.5 Å². The highest BCUT2D eigenvalue weighted by Crippen LogP contribution is 2.30. The number of fused-ring (bicyclic) bond motifs is 1. The quantitative estimate of drug-likeness (QED) is 0.528. The molecule has 0 amide bonds. The average molecular weight is 360 g/mol. The number of H-pyrrole nitrogens is 1. The Hall–Kier alpha value is -3.19. The summed E-state index contributed by atoms with van der Waals surface area (Å²) >= 11 is 1.72. The van der Waals surface area contributed by atoms with Gasteiger partial charge in [0.05, 0.1) is 18.3 Å². The lowest BCUT2D eigenvalue weighted by Crippen LogP contribution is -2.00. The van der Waals surface area contributed by atoms with E-state index in [9.17, 15) is 0 Å². The van der Waals surface area contributed by atoms with Gasteiger partial charge in [0.1, 0.15) is 17.0 Å². The van der Waals surface area contributed by atoms with E-state index in [0.29, 0.717) is 0 Å². The van der Waals surface area contributed by atoms with E-state index < -0.39 is 0 Å². The molecule has 128 valence electrons. The average Bonchev–Trinajstić information content (AvgIpc) is 3.41. The second-order valence-electron chi connectivity index (χ2n) is 6.14. The Morgan fingerprint density at radius 1 is 1.12 bits per heavy atom. The molecule has 4 aromatic heterocycles. The summed E-state index contributed by atoms with van der Waals surface area (Å²) < 4.78 is 3.75. The number of nitrogens with one attached hydrogen (secondary N) is 1. The number of nitrogens with zero attached hydrogens (tertiary/aromatic N) is 5. The highest BCUT2D eigenvalue weighted by Gasteiger charge is 2.17. The Morgan fingerprint density at radius 2 is 2.00 bits per heavy atom. The van der Waals surface area contributed by atoms with Crippen LogP contribution >= 0.6 is 11.3 Å². The van der Waals surface area contributed by atoms with Crippen molar-refractivity contribution in [3.05, 3.63) is 65.1 Å². The second kappa shape index (κ2) is 5.96. The molecule has 0 aliphatic carbocycles. The van der Waals surface area contributed by atoms with Crippen molar-refractivity contribution < 1.29 is 0 Å². The molecule has 5 rings (SSSR count). The van der Waals surface area contributed by atoms with Gasteiger partial charge in [0.25, 0.3) is 0 Å². The molecule has 0 saturated heterocycles. The number of imidazole rings is 1. The Labute approximate surface area is 153 Å². The summed E-state index contributed by atoms with van der Waals surface area (Å²) in [7, 11) is 1.93. The maximum atomic E-state index is 4.82. The van der Waals surface area contributed by atoms with Crippen LogP contribution in [0, 0.1) is 0 Å². The molecular formula is C19H16N6S. The van der Waals surface area contributed by atoms with Gasteiger partial charge in [-0.25, -0.2) is 9.67 Å². The molecule has 0 bridgehead atoms. The molecule has 26 heavy (non-hydrogen) atoms. The highest BCUT2D eigenvalue weighted by atomic mass is 32.1. The van der Waals surface area contributed by atoms with Crippen molar-refractivity contribution in [3.63, 3.8) is 0 Å². The number of hydrogen-bond donors (Lipinski definition) is 1. The van der Waals surface area contributed by atoms with Gasteiger partial charge in [0, 0.05) is 23.7 Å². The first-order valence-electron chi connectivity index (χ1n) is 8.31. The summed E-state index contributed by atoms with van der Waals surface area (Å²) in [6.07, 6.45) is 3.83. The summed E-state index contributed by atoms with van der Waals surface area (Å²) in [5, 5.41) is 11.2. The van der Waals surface area contributed by atoms with Gasteiger partial charge in [-0.3, -0.25) is 4.68 Å². The molecular weight excluding hydrogens is 344 g/mol. The van der Waals surface area contributed by atoms with Gasteiger partial charge in [-0.15, -0.1) is 11.3 Å². The third-order valence-electron chi connectivity index (χ3n) is 4.30. The number of thiophene rings is 1. The first-order chi connectivity index (χ1) is 12.8. The molecule has 0 atom stereocenters. The van der Waals surface area contributed by atoms with Crippen LogP contribution in [0.4, 0.5) is 0 Å². The maximum Gasteiger partial charge on any atom is 0.177 e. The van der Waals surface area contributed by atoms with Crippen LogP contribution in [0.5, 0.6) is 0 Å². The van der Waals surface area contributed by atoms with Crippen LogP contribution in [-0.2, 0) is 13.6 Å². The number of hydrogen-bond acceptors (Lipinski definition) is 4. The monoisotopic (exact) mass is 360 g/mol. The summed E-state index contributed by atoms with van der Waals surface area (Å²) in [6.45, 7) is 0.726. The molecule has 6 nitrogen and oxygen atoms in total. The van der Waals surface area contributed by atoms with Crippen LogP contribution in [0.2, 0.25) is 0 Å². The van der Waals surface area contributed by atoms with Gasteiger partial charge in [-0.1, -0.05) is 36.4 Å². The number of benzene rings is 1. The third-order valence-corrected chi connectivity index (χ3v) is 5.16. The smallest absolute Gasteiger partial charge is 0.177 e. The van der Waals surface area contributed by atoms with Crippen LogP contribution in [0.25, 0.3) is 33.8 Å². The standard InChI is InChI=1S/C19H16N6S/c1-24-12-15(17(23-24)13-6-3-2-4-7-13)18-21-16-10-20-25(19(16)22-18)11-14-8-5-9-26-14/h2-10,12H,11H2,1H3,(H,21,22). The molecule has 0 saturated carbocycles. The predicted octanol–water partition coefficient (Wildman–Crippen LogP) is 3.94. The zero-order chi connectivity index (χ0) is 17.5. The lowest BCUT2D eigenvalue weighted by atomic mass is 10.1. The minimum atomic E-state index is 0.726. The molecule has 0 spiro atoms. The summed E-state index contributed by atoms with van der Waals surface area (Å²) in [5.74, 6) is 0.810. The van der Waals surface area contributed by atoms with Crippen molar-refractivity contribution in [2.24, 2.45) is 7.05 Å². The zero-order valence-corrected chi connectivity index (χ0v) is 14.9. The van der Waals surface area contributed by atoms with Crippen LogP contribution in [-0.4, -0.2) is 29.5 Å². The Balaban J connectivity index is 1.59. The fraction of sp³-hybridized carbons (Fsp3) is 0.105. The van der Waals surface area contributed by atoms with Crippen LogP contribution in [0.1, 0.15) is 4.88 Å². The lowest BCUT2D eigenvalue weighted by Gasteiger charge is -2.00. The fourth-order valence-electron chi connectivity index (χ4n) is 3.11. The highest BCUT2D eigenvalue weighted by molar-refractivity contribution is 7.09. The van der Waals surface area contributed by atoms with Crippen LogP contribution < -0.4 is 0 Å². The topological polar surface area (TPSA) is 64.3 Å². The van der Waals surface area contributed by atoms with Gasteiger partial charge in [-0.2, -0.15) is 10.2 Å². The van der Waals surface area contributed by atoms with Gasteiger partial charge in [0.2, 0.25) is 0 Å². The molecule has 7 heteroatoms. The number of aryl methyl sites for hydroxylation is 1. The summed E-state index contributed by atoms with van der Waals surface area (Å²) in [5.41, 5.74) is 4.76. The first kappa shape index (κ1) is 15.1. The van der Waals surface area contributed by atoms with E-state index in [1.54, 1.807) is 11.3 Å². The number of aromatic amines is 1. The van der Waals surface area contributed by atoms with E-state index in [2.05, 4.69) is 44.8 Å². The molecule has 1 aromatic carbocycles. The van der Waals surface area contributed by atoms with E-state index in [1.165, 1.54) is 4.88 Å². The minimum Gasteiger partial charge on any atom is -0.335 e. The van der Waals surface area contributed by atoms with Crippen molar-refractivity contribution in [2.75, 3.05) is 0 Å². The second-order valence-corrected chi connectivity index (χ2v) is 7.17. The number of aromatic nitrogens is 6. The lowest BCUT2D eigenvalue weighted by molar-refractivity contribution is 0.713. The van der Waals surface area contributed by atoms with Crippen molar-refractivity contribution in [1.29, 1.82) is 0 Å². The molecule has 4 heterocycles. The van der Waals surface area contributed by atoms with Gasteiger partial charge >= 0.3 is 0 Å². The predicted molar refractivity (Wildman–Crippen MR) is 103 cm³/mol. The van der Waals surface area contributed by atoms with Crippen molar-refractivity contribution >= 4 is 22.5 Å².